The molecule has 0 saturated heterocycles. The number of halogens is 3. The summed E-state index contributed by atoms with van der Waals surface area (Å²) >= 11 is 11.2. The van der Waals surface area contributed by atoms with Crippen LogP contribution >= 0.6 is 38.9 Å². The van der Waals surface area contributed by atoms with Crippen LogP contribution in [0.2, 0.25) is 5.02 Å². The highest BCUT2D eigenvalue weighted by Crippen LogP contribution is 2.36. The molecule has 1 unspecified atom stereocenters. The molecule has 0 aliphatic rings. The molecule has 1 aromatic carbocycles. The first-order valence-corrected chi connectivity index (χ1v) is 6.96. The van der Waals surface area contributed by atoms with Gasteiger partial charge in [0.25, 0.3) is 0 Å². The quantitative estimate of drug-likeness (QED) is 0.680. The minimum atomic E-state index is -0.167. The Morgan fingerprint density at radius 1 is 1.31 bits per heavy atom. The molecule has 4 heteroatoms. The third kappa shape index (κ3) is 2.65. The SMILES string of the molecule is Fc1ccccc1CC(Br)c1sccc1Cl. The van der Waals surface area contributed by atoms with E-state index in [9.17, 15) is 4.39 Å². The monoisotopic (exact) mass is 318 g/mol. The summed E-state index contributed by atoms with van der Waals surface area (Å²) in [6.45, 7) is 0. The minimum absolute atomic E-state index is 0.0666. The Balaban J connectivity index is 2.17. The molecule has 1 heterocycles. The van der Waals surface area contributed by atoms with E-state index < -0.39 is 0 Å². The maximum atomic E-state index is 13.4. The van der Waals surface area contributed by atoms with Crippen molar-refractivity contribution in [2.75, 3.05) is 0 Å². The molecule has 84 valence electrons. The number of rotatable bonds is 3. The summed E-state index contributed by atoms with van der Waals surface area (Å²) < 4.78 is 13.4. The van der Waals surface area contributed by atoms with Crippen LogP contribution in [-0.2, 0) is 6.42 Å². The molecule has 0 amide bonds. The van der Waals surface area contributed by atoms with Crippen LogP contribution < -0.4 is 0 Å². The lowest BCUT2D eigenvalue weighted by Gasteiger charge is -2.09. The van der Waals surface area contributed by atoms with Gasteiger partial charge in [-0.1, -0.05) is 45.7 Å². The van der Waals surface area contributed by atoms with Gasteiger partial charge in [-0.15, -0.1) is 11.3 Å². The summed E-state index contributed by atoms with van der Waals surface area (Å²) in [6.07, 6.45) is 0.604. The Morgan fingerprint density at radius 3 is 2.69 bits per heavy atom. The predicted molar refractivity (Wildman–Crippen MR) is 71.1 cm³/mol. The first kappa shape index (κ1) is 12.1. The molecule has 0 saturated carbocycles. The van der Waals surface area contributed by atoms with Crippen molar-refractivity contribution in [1.82, 2.24) is 0 Å². The van der Waals surface area contributed by atoms with Crippen molar-refractivity contribution in [1.29, 1.82) is 0 Å². The first-order valence-electron chi connectivity index (χ1n) is 4.79. The molecule has 2 aromatic rings. The predicted octanol–water partition coefficient (Wildman–Crippen LogP) is 5.22. The van der Waals surface area contributed by atoms with Gasteiger partial charge in [0.05, 0.1) is 9.85 Å². The van der Waals surface area contributed by atoms with E-state index in [1.165, 1.54) is 6.07 Å². The molecule has 0 bridgehead atoms. The van der Waals surface area contributed by atoms with Crippen LogP contribution in [0.4, 0.5) is 4.39 Å². The largest absolute Gasteiger partial charge is 0.207 e. The van der Waals surface area contributed by atoms with Crippen LogP contribution in [0.3, 0.4) is 0 Å². The standard InChI is InChI=1S/C12H9BrClFS/c13-9(12-10(14)5-6-16-12)7-8-3-1-2-4-11(8)15/h1-6,9H,7H2. The molecule has 1 atom stereocenters. The van der Waals surface area contributed by atoms with Crippen molar-refractivity contribution < 1.29 is 4.39 Å². The number of hydrogen-bond donors (Lipinski definition) is 0. The van der Waals surface area contributed by atoms with Gasteiger partial charge in [0.1, 0.15) is 5.82 Å². The van der Waals surface area contributed by atoms with Crippen LogP contribution in [-0.4, -0.2) is 0 Å². The third-order valence-electron chi connectivity index (χ3n) is 2.29. The van der Waals surface area contributed by atoms with Crippen LogP contribution in [0.15, 0.2) is 35.7 Å². The van der Waals surface area contributed by atoms with E-state index in [0.717, 1.165) is 9.90 Å². The van der Waals surface area contributed by atoms with E-state index in [1.54, 1.807) is 23.5 Å². The van der Waals surface area contributed by atoms with Crippen LogP contribution in [0.25, 0.3) is 0 Å². The summed E-state index contributed by atoms with van der Waals surface area (Å²) in [5.74, 6) is -0.167. The van der Waals surface area contributed by atoms with E-state index in [-0.39, 0.29) is 10.6 Å². The van der Waals surface area contributed by atoms with Gasteiger partial charge in [-0.05, 0) is 29.5 Å². The van der Waals surface area contributed by atoms with Crippen molar-refractivity contribution >= 4 is 38.9 Å². The topological polar surface area (TPSA) is 0 Å². The summed E-state index contributed by atoms with van der Waals surface area (Å²) in [7, 11) is 0. The summed E-state index contributed by atoms with van der Waals surface area (Å²) in [6, 6.07) is 8.67. The first-order chi connectivity index (χ1) is 7.68. The van der Waals surface area contributed by atoms with Gasteiger partial charge in [-0.3, -0.25) is 0 Å². The lowest BCUT2D eigenvalue weighted by Crippen LogP contribution is -1.96. The molecule has 0 spiro atoms. The maximum absolute atomic E-state index is 13.4. The Bertz CT molecular complexity index is 483. The van der Waals surface area contributed by atoms with Crippen molar-refractivity contribution in [3.05, 3.63) is 57.0 Å². The van der Waals surface area contributed by atoms with E-state index >= 15 is 0 Å². The van der Waals surface area contributed by atoms with E-state index in [4.69, 9.17) is 11.6 Å². The Hall–Kier alpha value is -0.380. The molecule has 0 nitrogen and oxygen atoms in total. The molecule has 0 N–H and O–H groups in total. The van der Waals surface area contributed by atoms with Crippen LogP contribution in [0.5, 0.6) is 0 Å². The van der Waals surface area contributed by atoms with Gasteiger partial charge < -0.3 is 0 Å². The highest BCUT2D eigenvalue weighted by molar-refractivity contribution is 9.09. The minimum Gasteiger partial charge on any atom is -0.207 e. The second-order valence-corrected chi connectivity index (χ2v) is 5.86. The van der Waals surface area contributed by atoms with Crippen molar-refractivity contribution in [2.45, 2.75) is 11.2 Å². The third-order valence-corrected chi connectivity index (χ3v) is 4.84. The summed E-state index contributed by atoms with van der Waals surface area (Å²) in [5, 5.41) is 2.68. The molecular formula is C12H9BrClFS. The second-order valence-electron chi connectivity index (χ2n) is 3.40. The Kier molecular flexibility index (Phi) is 4.00. The average Bonchev–Trinajstić information content (AvgIpc) is 2.68. The fourth-order valence-electron chi connectivity index (χ4n) is 1.48. The number of thiophene rings is 1. The van der Waals surface area contributed by atoms with E-state index in [1.807, 2.05) is 17.5 Å². The Labute approximate surface area is 111 Å². The lowest BCUT2D eigenvalue weighted by atomic mass is 10.1. The van der Waals surface area contributed by atoms with E-state index in [2.05, 4.69) is 15.9 Å². The van der Waals surface area contributed by atoms with E-state index in [0.29, 0.717) is 12.0 Å². The lowest BCUT2D eigenvalue weighted by molar-refractivity contribution is 0.608. The van der Waals surface area contributed by atoms with Gasteiger partial charge >= 0.3 is 0 Å². The van der Waals surface area contributed by atoms with Gasteiger partial charge in [0.15, 0.2) is 0 Å². The molecule has 2 rings (SSSR count). The fraction of sp³-hybridized carbons (Fsp3) is 0.167. The number of alkyl halides is 1. The average molecular weight is 320 g/mol. The zero-order chi connectivity index (χ0) is 11.5. The molecule has 1 aromatic heterocycles. The number of hydrogen-bond acceptors (Lipinski definition) is 1. The van der Waals surface area contributed by atoms with Gasteiger partial charge in [-0.25, -0.2) is 4.39 Å². The summed E-state index contributed by atoms with van der Waals surface area (Å²) in [5.41, 5.74) is 0.703. The van der Waals surface area contributed by atoms with Crippen LogP contribution in [0.1, 0.15) is 15.3 Å². The number of benzene rings is 1. The normalized spacial score (nSPS) is 12.7. The zero-order valence-electron chi connectivity index (χ0n) is 8.29. The van der Waals surface area contributed by atoms with Crippen molar-refractivity contribution in [3.8, 4) is 0 Å². The van der Waals surface area contributed by atoms with Gasteiger partial charge in [0.2, 0.25) is 0 Å². The van der Waals surface area contributed by atoms with Gasteiger partial charge in [-0.2, -0.15) is 0 Å². The maximum Gasteiger partial charge on any atom is 0.126 e. The fourth-order valence-corrected chi connectivity index (χ4v) is 3.69. The van der Waals surface area contributed by atoms with Crippen molar-refractivity contribution in [3.63, 3.8) is 0 Å². The zero-order valence-corrected chi connectivity index (χ0v) is 11.4. The summed E-state index contributed by atoms with van der Waals surface area (Å²) in [4.78, 5) is 1.11. The van der Waals surface area contributed by atoms with Crippen molar-refractivity contribution in [2.24, 2.45) is 0 Å². The molecule has 0 aliphatic carbocycles. The highest BCUT2D eigenvalue weighted by atomic mass is 79.9. The molecule has 16 heavy (non-hydrogen) atoms. The van der Waals surface area contributed by atoms with Gasteiger partial charge in [0, 0.05) is 4.88 Å². The molecule has 0 aliphatic heterocycles. The highest BCUT2D eigenvalue weighted by Gasteiger charge is 2.15. The molecule has 0 radical (unpaired) electrons. The molecular weight excluding hydrogens is 311 g/mol. The second kappa shape index (κ2) is 5.30. The van der Waals surface area contributed by atoms with Crippen LogP contribution in [0, 0.1) is 5.82 Å². The molecule has 0 fully saturated rings. The Morgan fingerprint density at radius 2 is 2.06 bits per heavy atom. The smallest absolute Gasteiger partial charge is 0.126 e.